The second kappa shape index (κ2) is 10.5. The van der Waals surface area contributed by atoms with Crippen LogP contribution in [0.4, 0.5) is 0 Å². The molecule has 0 aliphatic heterocycles. The average molecular weight is 475 g/mol. The molecule has 0 bridgehead atoms. The summed E-state index contributed by atoms with van der Waals surface area (Å²) in [6.07, 6.45) is 9.00. The van der Waals surface area contributed by atoms with Gasteiger partial charge in [-0.05, 0) is 73.1 Å². The van der Waals surface area contributed by atoms with Crippen LogP contribution in [0.25, 0.3) is 0 Å². The van der Waals surface area contributed by atoms with Gasteiger partial charge in [0.25, 0.3) is 0 Å². The van der Waals surface area contributed by atoms with Crippen molar-refractivity contribution in [1.29, 1.82) is 0 Å². The van der Waals surface area contributed by atoms with E-state index in [0.29, 0.717) is 6.54 Å². The molecule has 4 rings (SSSR count). The van der Waals surface area contributed by atoms with Crippen LogP contribution in [0.3, 0.4) is 0 Å². The molecular formula is C27H42N2O3S. The SMILES string of the molecule is C[C@@H]1[C@@H]2[C@@H](O)[C@@H]([C@H](C)C(=O)NCc3cccs3)CC[C@]2(C)CC[C@@H]1NC(=O)C1CCCCC1. The lowest BCUT2D eigenvalue weighted by Gasteiger charge is -2.56. The van der Waals surface area contributed by atoms with Crippen molar-refractivity contribution < 1.29 is 14.7 Å². The Morgan fingerprint density at radius 1 is 1.18 bits per heavy atom. The molecule has 3 fully saturated rings. The first-order valence-corrected chi connectivity index (χ1v) is 14.0. The fraction of sp³-hybridized carbons (Fsp3) is 0.778. The maximum Gasteiger partial charge on any atom is 0.223 e. The molecule has 0 aromatic carbocycles. The van der Waals surface area contributed by atoms with Crippen LogP contribution >= 0.6 is 11.3 Å². The predicted octanol–water partition coefficient (Wildman–Crippen LogP) is 4.89. The van der Waals surface area contributed by atoms with Crippen molar-refractivity contribution in [3.8, 4) is 0 Å². The number of aliphatic hydroxyl groups is 1. The third-order valence-electron chi connectivity index (χ3n) is 9.26. The van der Waals surface area contributed by atoms with E-state index in [1.165, 1.54) is 6.42 Å². The summed E-state index contributed by atoms with van der Waals surface area (Å²) in [6.45, 7) is 7.04. The number of aliphatic hydroxyl groups excluding tert-OH is 1. The molecule has 6 heteroatoms. The topological polar surface area (TPSA) is 78.4 Å². The first-order valence-electron chi connectivity index (χ1n) is 13.1. The second-order valence-corrected chi connectivity index (χ2v) is 12.3. The standard InChI is InChI=1S/C27H42N2O3S/c1-17(25(31)28-16-20-10-7-15-33-20)21-11-13-27(3)14-12-22(18(2)23(27)24(21)30)29-26(32)19-8-5-4-6-9-19/h7,10,15,17-19,21-24,30H,4-6,8-9,11-14,16H2,1-3H3,(H,28,31)(H,29,32)/t17-,18-,21+,22-,23+,24-,27+/m0/s1. The highest BCUT2D eigenvalue weighted by Crippen LogP contribution is 2.55. The van der Waals surface area contributed by atoms with Crippen LogP contribution < -0.4 is 10.6 Å². The number of rotatable bonds is 6. The van der Waals surface area contributed by atoms with E-state index in [2.05, 4.69) is 24.5 Å². The minimum absolute atomic E-state index is 0.0293. The van der Waals surface area contributed by atoms with E-state index in [1.807, 2.05) is 24.4 Å². The van der Waals surface area contributed by atoms with Gasteiger partial charge in [0, 0.05) is 22.8 Å². The van der Waals surface area contributed by atoms with Gasteiger partial charge in [-0.2, -0.15) is 0 Å². The summed E-state index contributed by atoms with van der Waals surface area (Å²) in [4.78, 5) is 27.0. The molecule has 0 saturated heterocycles. The van der Waals surface area contributed by atoms with E-state index < -0.39 is 6.10 Å². The predicted molar refractivity (Wildman–Crippen MR) is 133 cm³/mol. The number of carbonyl (C=O) groups excluding carboxylic acids is 2. The maximum atomic E-state index is 12.9. The largest absolute Gasteiger partial charge is 0.392 e. The van der Waals surface area contributed by atoms with E-state index in [4.69, 9.17) is 0 Å². The third kappa shape index (κ3) is 5.32. The van der Waals surface area contributed by atoms with Crippen LogP contribution in [-0.4, -0.2) is 29.1 Å². The van der Waals surface area contributed by atoms with Crippen LogP contribution in [0, 0.1) is 35.0 Å². The van der Waals surface area contributed by atoms with Crippen molar-refractivity contribution >= 4 is 23.2 Å². The zero-order valence-corrected chi connectivity index (χ0v) is 21.3. The Morgan fingerprint density at radius 3 is 2.61 bits per heavy atom. The summed E-state index contributed by atoms with van der Waals surface area (Å²) in [5.41, 5.74) is 0.0779. The number of nitrogens with one attached hydrogen (secondary N) is 2. The molecule has 1 heterocycles. The Bertz CT molecular complexity index is 806. The highest BCUT2D eigenvalue weighted by atomic mass is 32.1. The highest BCUT2D eigenvalue weighted by Gasteiger charge is 2.54. The van der Waals surface area contributed by atoms with Gasteiger partial charge in [0.1, 0.15) is 0 Å². The zero-order valence-electron chi connectivity index (χ0n) is 20.5. The molecule has 7 atom stereocenters. The summed E-state index contributed by atoms with van der Waals surface area (Å²) >= 11 is 1.64. The smallest absolute Gasteiger partial charge is 0.223 e. The fourth-order valence-electron chi connectivity index (χ4n) is 7.11. The number of carbonyl (C=O) groups is 2. The summed E-state index contributed by atoms with van der Waals surface area (Å²) in [6, 6.07) is 4.14. The van der Waals surface area contributed by atoms with Crippen LogP contribution in [0.2, 0.25) is 0 Å². The van der Waals surface area contributed by atoms with E-state index >= 15 is 0 Å². The van der Waals surface area contributed by atoms with Gasteiger partial charge in [-0.1, -0.05) is 46.1 Å². The molecule has 5 nitrogen and oxygen atoms in total. The molecule has 1 aromatic rings. The van der Waals surface area contributed by atoms with Gasteiger partial charge in [-0.3, -0.25) is 9.59 Å². The van der Waals surface area contributed by atoms with Crippen LogP contribution in [0.5, 0.6) is 0 Å². The van der Waals surface area contributed by atoms with Crippen molar-refractivity contribution in [1.82, 2.24) is 10.6 Å². The molecule has 0 spiro atoms. The Hall–Kier alpha value is -1.40. The van der Waals surface area contributed by atoms with Crippen molar-refractivity contribution in [3.63, 3.8) is 0 Å². The molecular weight excluding hydrogens is 432 g/mol. The molecule has 0 unspecified atom stereocenters. The normalized spacial score (nSPS) is 35.9. The highest BCUT2D eigenvalue weighted by molar-refractivity contribution is 7.09. The first kappa shape index (κ1) is 24.7. The number of fused-ring (bicyclic) bond motifs is 1. The van der Waals surface area contributed by atoms with Gasteiger partial charge in [0.2, 0.25) is 11.8 Å². The van der Waals surface area contributed by atoms with Crippen LogP contribution in [0.1, 0.15) is 83.4 Å². The number of amides is 2. The minimum Gasteiger partial charge on any atom is -0.392 e. The molecule has 3 N–H and O–H groups in total. The molecule has 184 valence electrons. The van der Waals surface area contributed by atoms with Gasteiger partial charge < -0.3 is 15.7 Å². The molecule has 33 heavy (non-hydrogen) atoms. The van der Waals surface area contributed by atoms with Gasteiger partial charge >= 0.3 is 0 Å². The molecule has 3 aliphatic carbocycles. The Kier molecular flexibility index (Phi) is 7.84. The zero-order chi connectivity index (χ0) is 23.6. The fourth-order valence-corrected chi connectivity index (χ4v) is 7.75. The summed E-state index contributed by atoms with van der Waals surface area (Å²) in [7, 11) is 0. The van der Waals surface area contributed by atoms with Crippen LogP contribution in [0.15, 0.2) is 17.5 Å². The van der Waals surface area contributed by atoms with E-state index in [9.17, 15) is 14.7 Å². The monoisotopic (exact) mass is 474 g/mol. The quantitative estimate of drug-likeness (QED) is 0.549. The number of thiophene rings is 1. The Morgan fingerprint density at radius 2 is 1.91 bits per heavy atom. The van der Waals surface area contributed by atoms with Gasteiger partial charge in [0.15, 0.2) is 0 Å². The van der Waals surface area contributed by atoms with Gasteiger partial charge in [-0.25, -0.2) is 0 Å². The third-order valence-corrected chi connectivity index (χ3v) is 10.1. The second-order valence-electron chi connectivity index (χ2n) is 11.3. The summed E-state index contributed by atoms with van der Waals surface area (Å²) in [5.74, 6) is 0.454. The average Bonchev–Trinajstić information content (AvgIpc) is 3.33. The van der Waals surface area contributed by atoms with E-state index in [1.54, 1.807) is 11.3 Å². The van der Waals surface area contributed by atoms with Crippen molar-refractivity contribution in [3.05, 3.63) is 22.4 Å². The van der Waals surface area contributed by atoms with E-state index in [0.717, 1.165) is 56.2 Å². The lowest BCUT2D eigenvalue weighted by atomic mass is 9.51. The molecule has 0 radical (unpaired) electrons. The number of hydrogen-bond donors (Lipinski definition) is 3. The molecule has 2 amide bonds. The lowest BCUT2D eigenvalue weighted by Crippen LogP contribution is -2.59. The van der Waals surface area contributed by atoms with Gasteiger partial charge in [-0.15, -0.1) is 11.3 Å². The first-order chi connectivity index (χ1) is 15.8. The lowest BCUT2D eigenvalue weighted by molar-refractivity contribution is -0.144. The van der Waals surface area contributed by atoms with Crippen LogP contribution in [-0.2, 0) is 16.1 Å². The number of hydrogen-bond acceptors (Lipinski definition) is 4. The Labute approximate surface area is 203 Å². The minimum atomic E-state index is -0.518. The molecule has 3 saturated carbocycles. The van der Waals surface area contributed by atoms with Crippen molar-refractivity contribution in [2.45, 2.75) is 97.2 Å². The summed E-state index contributed by atoms with van der Waals surface area (Å²) < 4.78 is 0. The molecule has 3 aliphatic rings. The van der Waals surface area contributed by atoms with Crippen molar-refractivity contribution in [2.24, 2.45) is 35.0 Å². The van der Waals surface area contributed by atoms with Gasteiger partial charge in [0.05, 0.1) is 12.6 Å². The van der Waals surface area contributed by atoms with E-state index in [-0.39, 0.29) is 52.9 Å². The summed E-state index contributed by atoms with van der Waals surface area (Å²) in [5, 5.41) is 20.1. The molecule has 1 aromatic heterocycles. The maximum absolute atomic E-state index is 12.9. The van der Waals surface area contributed by atoms with Crippen molar-refractivity contribution in [2.75, 3.05) is 0 Å². The Balaban J connectivity index is 1.40.